The van der Waals surface area contributed by atoms with Crippen molar-refractivity contribution in [3.63, 3.8) is 0 Å². The van der Waals surface area contributed by atoms with Crippen LogP contribution >= 0.6 is 0 Å². The highest BCUT2D eigenvalue weighted by atomic mass is 16.5. The van der Waals surface area contributed by atoms with Gasteiger partial charge >= 0.3 is 0 Å². The average molecular weight is 388 g/mol. The monoisotopic (exact) mass is 388 g/mol. The van der Waals surface area contributed by atoms with Gasteiger partial charge in [0.05, 0.1) is 7.11 Å². The quantitative estimate of drug-likeness (QED) is 0.542. The fraction of sp³-hybridized carbons (Fsp3) is 0.217. The number of benzene rings is 2. The smallest absolute Gasteiger partial charge is 0.268 e. The van der Waals surface area contributed by atoms with Gasteiger partial charge in [-0.1, -0.05) is 18.2 Å². The number of nitrogens with zero attached hydrogens (tertiary/aromatic N) is 2. The first-order chi connectivity index (χ1) is 14.0. The fourth-order valence-electron chi connectivity index (χ4n) is 3.70. The normalized spacial score (nSPS) is 12.1. The minimum atomic E-state index is -0.410. The number of rotatable bonds is 5. The van der Waals surface area contributed by atoms with Crippen LogP contribution < -0.4 is 10.1 Å². The molecule has 29 heavy (non-hydrogen) atoms. The summed E-state index contributed by atoms with van der Waals surface area (Å²) in [6.45, 7) is 4.10. The van der Waals surface area contributed by atoms with Crippen LogP contribution in [0.15, 0.2) is 54.9 Å². The van der Waals surface area contributed by atoms with Gasteiger partial charge < -0.3 is 19.6 Å². The molecule has 6 nitrogen and oxygen atoms in total. The van der Waals surface area contributed by atoms with Crippen LogP contribution in [0.2, 0.25) is 0 Å². The summed E-state index contributed by atoms with van der Waals surface area (Å²) in [7, 11) is 3.54. The van der Waals surface area contributed by atoms with Gasteiger partial charge in [-0.05, 0) is 54.8 Å². The van der Waals surface area contributed by atoms with Crippen molar-refractivity contribution < 1.29 is 9.53 Å². The Bertz CT molecular complexity index is 1190. The second kappa shape index (κ2) is 7.47. The average Bonchev–Trinajstić information content (AvgIpc) is 3.32. The van der Waals surface area contributed by atoms with Crippen molar-refractivity contribution in [1.82, 2.24) is 19.9 Å². The van der Waals surface area contributed by atoms with E-state index in [4.69, 9.17) is 4.74 Å². The summed E-state index contributed by atoms with van der Waals surface area (Å²) in [6.07, 6.45) is 3.59. The molecule has 148 valence electrons. The molecule has 0 spiro atoms. The van der Waals surface area contributed by atoms with Crippen molar-refractivity contribution in [3.8, 4) is 5.75 Å². The highest BCUT2D eigenvalue weighted by molar-refractivity contribution is 5.99. The maximum absolute atomic E-state index is 13.1. The highest BCUT2D eigenvalue weighted by Gasteiger charge is 2.23. The molecule has 1 atom stereocenters. The van der Waals surface area contributed by atoms with Crippen LogP contribution in [0.4, 0.5) is 0 Å². The summed E-state index contributed by atoms with van der Waals surface area (Å²) < 4.78 is 7.27. The van der Waals surface area contributed by atoms with Gasteiger partial charge in [-0.3, -0.25) is 4.79 Å². The predicted octanol–water partition coefficient (Wildman–Crippen LogP) is 4.05. The third-order valence-electron chi connectivity index (χ3n) is 5.15. The van der Waals surface area contributed by atoms with E-state index in [2.05, 4.69) is 34.3 Å². The number of amides is 1. The molecule has 6 heteroatoms. The number of hydrogen-bond acceptors (Lipinski definition) is 3. The number of carbonyl (C=O) groups excluding carboxylic acids is 1. The molecule has 1 unspecified atom stereocenters. The molecule has 4 aromatic rings. The molecule has 0 aliphatic heterocycles. The van der Waals surface area contributed by atoms with E-state index in [9.17, 15) is 4.79 Å². The number of aryl methyl sites for hydroxylation is 3. The first-order valence-electron chi connectivity index (χ1n) is 9.48. The van der Waals surface area contributed by atoms with E-state index in [1.807, 2.05) is 55.1 Å². The Labute approximate surface area is 169 Å². The molecule has 1 amide bonds. The zero-order valence-corrected chi connectivity index (χ0v) is 17.0. The largest absolute Gasteiger partial charge is 0.497 e. The van der Waals surface area contributed by atoms with Crippen LogP contribution in [0.1, 0.15) is 39.0 Å². The third-order valence-corrected chi connectivity index (χ3v) is 5.15. The minimum absolute atomic E-state index is 0.186. The summed E-state index contributed by atoms with van der Waals surface area (Å²) in [6, 6.07) is 13.3. The van der Waals surface area contributed by atoms with Crippen LogP contribution in [-0.4, -0.2) is 27.6 Å². The molecule has 0 aliphatic rings. The molecule has 4 rings (SSSR count). The lowest BCUT2D eigenvalue weighted by atomic mass is 10.1. The van der Waals surface area contributed by atoms with Crippen LogP contribution in [0.3, 0.4) is 0 Å². The predicted molar refractivity (Wildman–Crippen MR) is 113 cm³/mol. The van der Waals surface area contributed by atoms with Gasteiger partial charge in [0.1, 0.15) is 23.3 Å². The molecule has 2 aromatic carbocycles. The second-order valence-electron chi connectivity index (χ2n) is 7.31. The Kier molecular flexibility index (Phi) is 4.84. The molecule has 2 aromatic heterocycles. The Morgan fingerprint density at radius 1 is 1.21 bits per heavy atom. The zero-order chi connectivity index (χ0) is 20.5. The number of ether oxygens (including phenoxy) is 1. The molecule has 2 heterocycles. The number of H-pyrrole nitrogens is 1. The van der Waals surface area contributed by atoms with Crippen LogP contribution in [-0.2, 0) is 7.05 Å². The molecule has 0 saturated heterocycles. The summed E-state index contributed by atoms with van der Waals surface area (Å²) in [5.74, 6) is 1.29. The Morgan fingerprint density at radius 3 is 2.76 bits per heavy atom. The molecule has 0 radical (unpaired) electrons. The van der Waals surface area contributed by atoms with Crippen molar-refractivity contribution >= 4 is 16.8 Å². The standard InChI is InChI=1S/C23H24N4O2/c1-14-10-15(2)18-13-20(25-19(18)11-14)23(28)26-21(22-24-8-9-27(22)3)16-6-5-7-17(12-16)29-4/h5-13,21,25H,1-4H3,(H,26,28). The van der Waals surface area contributed by atoms with Gasteiger partial charge in [-0.25, -0.2) is 4.98 Å². The summed E-state index contributed by atoms with van der Waals surface area (Å²) in [5.41, 5.74) is 4.68. The second-order valence-corrected chi connectivity index (χ2v) is 7.31. The maximum atomic E-state index is 13.1. The number of imidazole rings is 1. The number of carbonyl (C=O) groups is 1. The number of hydrogen-bond donors (Lipinski definition) is 2. The van der Waals surface area contributed by atoms with E-state index < -0.39 is 6.04 Å². The molecule has 0 fully saturated rings. The van der Waals surface area contributed by atoms with E-state index in [-0.39, 0.29) is 5.91 Å². The number of fused-ring (bicyclic) bond motifs is 1. The molecular weight excluding hydrogens is 364 g/mol. The van der Waals surface area contributed by atoms with Gasteiger partial charge in [-0.2, -0.15) is 0 Å². The Balaban J connectivity index is 1.72. The number of methoxy groups -OCH3 is 1. The van der Waals surface area contributed by atoms with E-state index in [0.717, 1.165) is 39.2 Å². The van der Waals surface area contributed by atoms with Crippen LogP contribution in [0.5, 0.6) is 5.75 Å². The van der Waals surface area contributed by atoms with E-state index >= 15 is 0 Å². The van der Waals surface area contributed by atoms with Crippen LogP contribution in [0.25, 0.3) is 10.9 Å². The van der Waals surface area contributed by atoms with Gasteiger partial charge in [0.15, 0.2) is 0 Å². The van der Waals surface area contributed by atoms with E-state index in [1.54, 1.807) is 13.3 Å². The summed E-state index contributed by atoms with van der Waals surface area (Å²) in [5, 5.41) is 4.18. The van der Waals surface area contributed by atoms with Crippen molar-refractivity contribution in [1.29, 1.82) is 0 Å². The lowest BCUT2D eigenvalue weighted by Gasteiger charge is -2.19. The molecule has 0 saturated carbocycles. The van der Waals surface area contributed by atoms with Gasteiger partial charge in [0.2, 0.25) is 0 Å². The number of aromatic amines is 1. The van der Waals surface area contributed by atoms with Crippen LogP contribution in [0, 0.1) is 13.8 Å². The third kappa shape index (κ3) is 3.61. The van der Waals surface area contributed by atoms with Crippen molar-refractivity contribution in [2.45, 2.75) is 19.9 Å². The topological polar surface area (TPSA) is 71.9 Å². The van der Waals surface area contributed by atoms with Gasteiger partial charge in [-0.15, -0.1) is 0 Å². The Hall–Kier alpha value is -3.54. The lowest BCUT2D eigenvalue weighted by Crippen LogP contribution is -2.31. The minimum Gasteiger partial charge on any atom is -0.497 e. The molecule has 0 aliphatic carbocycles. The van der Waals surface area contributed by atoms with Gasteiger partial charge in [0, 0.05) is 30.3 Å². The lowest BCUT2D eigenvalue weighted by molar-refractivity contribution is 0.0937. The zero-order valence-electron chi connectivity index (χ0n) is 17.0. The molecular formula is C23H24N4O2. The number of aromatic nitrogens is 3. The molecule has 2 N–H and O–H groups in total. The summed E-state index contributed by atoms with van der Waals surface area (Å²) in [4.78, 5) is 20.9. The highest BCUT2D eigenvalue weighted by Crippen LogP contribution is 2.26. The summed E-state index contributed by atoms with van der Waals surface area (Å²) >= 11 is 0. The fourth-order valence-corrected chi connectivity index (χ4v) is 3.70. The van der Waals surface area contributed by atoms with Crippen molar-refractivity contribution in [2.75, 3.05) is 7.11 Å². The van der Waals surface area contributed by atoms with Crippen molar-refractivity contribution in [2.24, 2.45) is 7.05 Å². The Morgan fingerprint density at radius 2 is 2.03 bits per heavy atom. The SMILES string of the molecule is COc1cccc(C(NC(=O)c2cc3c(C)cc(C)cc3[nH]2)c2nccn2C)c1. The molecule has 0 bridgehead atoms. The number of nitrogens with one attached hydrogen (secondary N) is 2. The maximum Gasteiger partial charge on any atom is 0.268 e. The van der Waals surface area contributed by atoms with Gasteiger partial charge in [0.25, 0.3) is 5.91 Å². The first-order valence-corrected chi connectivity index (χ1v) is 9.48. The first kappa shape index (κ1) is 18.8. The van der Waals surface area contributed by atoms with Crippen molar-refractivity contribution in [3.05, 3.63) is 83.1 Å². The van der Waals surface area contributed by atoms with E-state index in [1.165, 1.54) is 0 Å². The van der Waals surface area contributed by atoms with E-state index in [0.29, 0.717) is 5.69 Å².